The molecule has 0 saturated heterocycles. The van der Waals surface area contributed by atoms with Crippen LogP contribution in [0.1, 0.15) is 11.3 Å². The number of fused-ring (bicyclic) bond motifs is 1. The molecule has 0 saturated carbocycles. The highest BCUT2D eigenvalue weighted by atomic mass is 32.1. The van der Waals surface area contributed by atoms with Gasteiger partial charge < -0.3 is 5.11 Å². The lowest BCUT2D eigenvalue weighted by molar-refractivity contribution is 0.433. The maximum absolute atomic E-state index is 14.2. The number of thiophene rings is 1. The van der Waals surface area contributed by atoms with Gasteiger partial charge in [0, 0.05) is 16.6 Å². The van der Waals surface area contributed by atoms with Crippen LogP contribution in [-0.4, -0.2) is 14.7 Å². The first kappa shape index (κ1) is 21.1. The van der Waals surface area contributed by atoms with Crippen LogP contribution in [0.4, 0.5) is 4.39 Å². The Balaban J connectivity index is 1.74. The summed E-state index contributed by atoms with van der Waals surface area (Å²) in [4.78, 5) is 18.6. The first-order valence-electron chi connectivity index (χ1n) is 10.6. The summed E-state index contributed by atoms with van der Waals surface area (Å²) in [6.07, 6.45) is 0.594. The molecule has 0 spiro atoms. The molecule has 2 heterocycles. The second-order valence-electron chi connectivity index (χ2n) is 7.86. The zero-order valence-corrected chi connectivity index (χ0v) is 18.8. The summed E-state index contributed by atoms with van der Waals surface area (Å²) in [5.74, 6) is -1.00. The second-order valence-corrected chi connectivity index (χ2v) is 8.81. The zero-order valence-electron chi connectivity index (χ0n) is 18.0. The molecule has 0 bridgehead atoms. The number of aromatic nitrogens is 2. The molecule has 3 aromatic carbocycles. The third-order valence-corrected chi connectivity index (χ3v) is 6.69. The van der Waals surface area contributed by atoms with Crippen molar-refractivity contribution in [2.24, 2.45) is 0 Å². The molecule has 0 amide bonds. The van der Waals surface area contributed by atoms with Crippen molar-refractivity contribution in [2.45, 2.75) is 19.9 Å². The van der Waals surface area contributed by atoms with Crippen LogP contribution >= 0.6 is 11.3 Å². The van der Waals surface area contributed by atoms with Crippen molar-refractivity contribution in [3.8, 4) is 28.3 Å². The fourth-order valence-corrected chi connectivity index (χ4v) is 4.99. The van der Waals surface area contributed by atoms with Gasteiger partial charge in [-0.2, -0.15) is 0 Å². The van der Waals surface area contributed by atoms with Crippen LogP contribution < -0.4 is 5.56 Å². The molecule has 164 valence electrons. The van der Waals surface area contributed by atoms with E-state index >= 15 is 0 Å². The van der Waals surface area contributed by atoms with Crippen molar-refractivity contribution >= 4 is 21.4 Å². The van der Waals surface area contributed by atoms with Crippen LogP contribution in [0.2, 0.25) is 0 Å². The van der Waals surface area contributed by atoms with E-state index in [1.54, 1.807) is 28.9 Å². The smallest absolute Gasteiger partial charge is 0.261 e. The number of aromatic hydroxyl groups is 1. The summed E-state index contributed by atoms with van der Waals surface area (Å²) in [6, 6.07) is 22.0. The predicted octanol–water partition coefficient (Wildman–Crippen LogP) is 6.19. The standard InChI is InChI=1S/C27H21FN2O2S/c1-17-24(20-9-6-12-23-19(20)14-16-33-23)27(32)30(15-13-18-7-3-2-4-8-18)26(29-17)21-10-5-11-22(28)25(21)31/h2-12,14,16,31H,13,15H2,1H3. The van der Waals surface area contributed by atoms with Gasteiger partial charge in [0.1, 0.15) is 5.82 Å². The molecule has 4 nitrogen and oxygen atoms in total. The lowest BCUT2D eigenvalue weighted by atomic mass is 10.0. The fraction of sp³-hybridized carbons (Fsp3) is 0.111. The molecule has 0 radical (unpaired) electrons. The summed E-state index contributed by atoms with van der Waals surface area (Å²) in [6.45, 7) is 2.12. The lowest BCUT2D eigenvalue weighted by Crippen LogP contribution is -2.27. The number of rotatable bonds is 5. The van der Waals surface area contributed by atoms with Gasteiger partial charge in [-0.05, 0) is 54.1 Å². The van der Waals surface area contributed by atoms with Crippen LogP contribution in [0, 0.1) is 12.7 Å². The monoisotopic (exact) mass is 456 g/mol. The summed E-state index contributed by atoms with van der Waals surface area (Å²) in [7, 11) is 0. The molecule has 0 unspecified atom stereocenters. The summed E-state index contributed by atoms with van der Waals surface area (Å²) < 4.78 is 16.8. The Morgan fingerprint density at radius 1 is 0.970 bits per heavy atom. The minimum Gasteiger partial charge on any atom is -0.504 e. The molecule has 5 aromatic rings. The topological polar surface area (TPSA) is 55.1 Å². The van der Waals surface area contributed by atoms with Crippen molar-refractivity contribution in [3.05, 3.63) is 106 Å². The number of hydrogen-bond acceptors (Lipinski definition) is 4. The van der Waals surface area contributed by atoms with E-state index in [9.17, 15) is 14.3 Å². The average molecular weight is 457 g/mol. The Kier molecular flexibility index (Phi) is 5.52. The van der Waals surface area contributed by atoms with Gasteiger partial charge in [0.2, 0.25) is 0 Å². The van der Waals surface area contributed by atoms with Crippen LogP contribution in [0.3, 0.4) is 0 Å². The first-order chi connectivity index (χ1) is 16.0. The van der Waals surface area contributed by atoms with Crippen molar-refractivity contribution in [3.63, 3.8) is 0 Å². The maximum atomic E-state index is 14.2. The van der Waals surface area contributed by atoms with Crippen molar-refractivity contribution < 1.29 is 9.50 Å². The van der Waals surface area contributed by atoms with Gasteiger partial charge in [-0.25, -0.2) is 9.37 Å². The number of aryl methyl sites for hydroxylation is 2. The third-order valence-electron chi connectivity index (χ3n) is 5.81. The Labute approximate surface area is 194 Å². The highest BCUT2D eigenvalue weighted by Crippen LogP contribution is 2.34. The van der Waals surface area contributed by atoms with Gasteiger partial charge in [0.25, 0.3) is 5.56 Å². The van der Waals surface area contributed by atoms with Crippen molar-refractivity contribution in [1.29, 1.82) is 0 Å². The van der Waals surface area contributed by atoms with E-state index in [1.165, 1.54) is 12.1 Å². The van der Waals surface area contributed by atoms with Crippen LogP contribution in [0.15, 0.2) is 83.0 Å². The highest BCUT2D eigenvalue weighted by molar-refractivity contribution is 7.17. The minimum absolute atomic E-state index is 0.198. The molecule has 0 aliphatic heterocycles. The molecular formula is C27H21FN2O2S. The molecule has 6 heteroatoms. The van der Waals surface area contributed by atoms with E-state index in [0.29, 0.717) is 24.2 Å². The molecule has 5 rings (SSSR count). The number of benzene rings is 3. The Hall–Kier alpha value is -3.77. The summed E-state index contributed by atoms with van der Waals surface area (Å²) >= 11 is 1.62. The van der Waals surface area contributed by atoms with Gasteiger partial charge in [-0.3, -0.25) is 9.36 Å². The van der Waals surface area contributed by atoms with Gasteiger partial charge in [0.15, 0.2) is 11.6 Å². The number of phenols is 1. The number of nitrogens with zero attached hydrogens (tertiary/aromatic N) is 2. The van der Waals surface area contributed by atoms with E-state index < -0.39 is 11.6 Å². The highest BCUT2D eigenvalue weighted by Gasteiger charge is 2.21. The van der Waals surface area contributed by atoms with Gasteiger partial charge in [-0.15, -0.1) is 11.3 Å². The minimum atomic E-state index is -0.749. The van der Waals surface area contributed by atoms with E-state index in [-0.39, 0.29) is 16.9 Å². The maximum Gasteiger partial charge on any atom is 0.261 e. The SMILES string of the molecule is Cc1nc(-c2cccc(F)c2O)n(CCc2ccccc2)c(=O)c1-c1cccc2sccc12. The predicted molar refractivity (Wildman–Crippen MR) is 131 cm³/mol. The van der Waals surface area contributed by atoms with Crippen LogP contribution in [0.5, 0.6) is 5.75 Å². The van der Waals surface area contributed by atoms with Crippen LogP contribution in [-0.2, 0) is 13.0 Å². The normalized spacial score (nSPS) is 11.2. The molecule has 33 heavy (non-hydrogen) atoms. The zero-order chi connectivity index (χ0) is 22.9. The van der Waals surface area contributed by atoms with Gasteiger partial charge in [0.05, 0.1) is 16.8 Å². The Morgan fingerprint density at radius 2 is 1.73 bits per heavy atom. The Morgan fingerprint density at radius 3 is 2.55 bits per heavy atom. The van der Waals surface area contributed by atoms with E-state index in [0.717, 1.165) is 21.2 Å². The van der Waals surface area contributed by atoms with Gasteiger partial charge in [-0.1, -0.05) is 48.5 Å². The van der Waals surface area contributed by atoms with Crippen molar-refractivity contribution in [2.75, 3.05) is 0 Å². The van der Waals surface area contributed by atoms with Gasteiger partial charge >= 0.3 is 0 Å². The molecule has 0 aliphatic rings. The Bertz CT molecular complexity index is 1520. The van der Waals surface area contributed by atoms with E-state index in [2.05, 4.69) is 0 Å². The van der Waals surface area contributed by atoms with E-state index in [1.807, 2.05) is 60.0 Å². The average Bonchev–Trinajstić information content (AvgIpc) is 3.30. The van der Waals surface area contributed by atoms with Crippen LogP contribution in [0.25, 0.3) is 32.6 Å². The number of halogens is 1. The third kappa shape index (κ3) is 3.83. The second kappa shape index (κ2) is 8.64. The number of para-hydroxylation sites is 1. The number of hydrogen-bond donors (Lipinski definition) is 1. The molecule has 0 fully saturated rings. The number of phenolic OH excluding ortho intramolecular Hbond substituents is 1. The quantitative estimate of drug-likeness (QED) is 0.343. The first-order valence-corrected chi connectivity index (χ1v) is 11.5. The molecule has 2 aromatic heterocycles. The molecule has 1 N–H and O–H groups in total. The summed E-state index contributed by atoms with van der Waals surface area (Å²) in [5, 5.41) is 13.4. The largest absolute Gasteiger partial charge is 0.504 e. The fourth-order valence-electron chi connectivity index (χ4n) is 4.18. The molecular weight excluding hydrogens is 435 g/mol. The molecule has 0 atom stereocenters. The lowest BCUT2D eigenvalue weighted by Gasteiger charge is -2.17. The summed E-state index contributed by atoms with van der Waals surface area (Å²) in [5.41, 5.74) is 2.94. The van der Waals surface area contributed by atoms with Crippen molar-refractivity contribution in [1.82, 2.24) is 9.55 Å². The molecule has 0 aliphatic carbocycles. The van der Waals surface area contributed by atoms with E-state index in [4.69, 9.17) is 4.98 Å².